The van der Waals surface area contributed by atoms with Gasteiger partial charge in [0, 0.05) is 57.1 Å². The number of piperazine rings is 1. The molecule has 0 atom stereocenters. The number of guanidine groups is 1. The number of aliphatic imine (C=N–C) groups is 1. The third kappa shape index (κ3) is 6.05. The molecule has 1 aromatic heterocycles. The van der Waals surface area contributed by atoms with Crippen molar-refractivity contribution in [2.75, 3.05) is 40.3 Å². The van der Waals surface area contributed by atoms with E-state index in [0.29, 0.717) is 6.54 Å². The first-order valence-corrected chi connectivity index (χ1v) is 9.83. The van der Waals surface area contributed by atoms with Gasteiger partial charge >= 0.3 is 0 Å². The summed E-state index contributed by atoms with van der Waals surface area (Å²) in [7, 11) is 3.55. The quantitative estimate of drug-likeness (QED) is 0.381. The van der Waals surface area contributed by atoms with Gasteiger partial charge in [-0.15, -0.1) is 24.0 Å². The first kappa shape index (κ1) is 23.4. The van der Waals surface area contributed by atoms with E-state index >= 15 is 0 Å². The van der Waals surface area contributed by atoms with Crippen LogP contribution in [-0.2, 0) is 13.1 Å². The van der Waals surface area contributed by atoms with E-state index in [2.05, 4.69) is 62.3 Å². The number of pyridine rings is 1. The molecule has 1 N–H and O–H groups in total. The van der Waals surface area contributed by atoms with Crippen LogP contribution in [0.5, 0.6) is 5.75 Å². The molecule has 1 aliphatic rings. The smallest absolute Gasteiger partial charge is 0.194 e. The van der Waals surface area contributed by atoms with E-state index < -0.39 is 0 Å². The maximum atomic E-state index is 5.51. The summed E-state index contributed by atoms with van der Waals surface area (Å²) in [6.07, 6.45) is 1.87. The maximum Gasteiger partial charge on any atom is 0.194 e. The molecule has 0 amide bonds. The number of ether oxygens (including phenoxy) is 1. The monoisotopic (exact) mass is 509 g/mol. The minimum absolute atomic E-state index is 0. The van der Waals surface area contributed by atoms with Crippen LogP contribution in [0.25, 0.3) is 0 Å². The van der Waals surface area contributed by atoms with Gasteiger partial charge in [-0.1, -0.05) is 30.3 Å². The van der Waals surface area contributed by atoms with Crippen molar-refractivity contribution in [2.45, 2.75) is 26.9 Å². The minimum atomic E-state index is 0. The molecule has 1 fully saturated rings. The summed E-state index contributed by atoms with van der Waals surface area (Å²) >= 11 is 0. The second kappa shape index (κ2) is 11.3. The van der Waals surface area contributed by atoms with Gasteiger partial charge < -0.3 is 15.0 Å². The summed E-state index contributed by atoms with van der Waals surface area (Å²) in [6.45, 7) is 9.72. The van der Waals surface area contributed by atoms with E-state index in [9.17, 15) is 0 Å². The summed E-state index contributed by atoms with van der Waals surface area (Å²) in [5.41, 5.74) is 4.50. The Kier molecular flexibility index (Phi) is 9.16. The Labute approximate surface area is 191 Å². The topological polar surface area (TPSA) is 53.0 Å². The largest absolute Gasteiger partial charge is 0.496 e. The summed E-state index contributed by atoms with van der Waals surface area (Å²) in [5, 5.41) is 3.47. The van der Waals surface area contributed by atoms with Crippen LogP contribution in [0.3, 0.4) is 0 Å². The number of hydrogen-bond donors (Lipinski definition) is 1. The predicted molar refractivity (Wildman–Crippen MR) is 129 cm³/mol. The second-order valence-corrected chi connectivity index (χ2v) is 7.20. The summed E-state index contributed by atoms with van der Waals surface area (Å²) in [6, 6.07) is 10.7. The number of benzene rings is 1. The van der Waals surface area contributed by atoms with Crippen molar-refractivity contribution in [1.29, 1.82) is 0 Å². The molecule has 2 heterocycles. The Morgan fingerprint density at radius 3 is 2.45 bits per heavy atom. The molecule has 0 spiro atoms. The van der Waals surface area contributed by atoms with Crippen LogP contribution >= 0.6 is 24.0 Å². The number of rotatable bonds is 5. The lowest BCUT2D eigenvalue weighted by Gasteiger charge is -2.36. The van der Waals surface area contributed by atoms with Gasteiger partial charge in [-0.05, 0) is 19.4 Å². The van der Waals surface area contributed by atoms with Gasteiger partial charge in [-0.2, -0.15) is 0 Å². The van der Waals surface area contributed by atoms with Crippen LogP contribution in [0.1, 0.15) is 22.4 Å². The molecule has 0 unspecified atom stereocenters. The lowest BCUT2D eigenvalue weighted by molar-refractivity contribution is 0.172. The highest BCUT2D eigenvalue weighted by Crippen LogP contribution is 2.23. The van der Waals surface area contributed by atoms with Crippen LogP contribution in [0.15, 0.2) is 41.5 Å². The number of aryl methyl sites for hydroxylation is 1. The lowest BCUT2D eigenvalue weighted by Crippen LogP contribution is -2.52. The van der Waals surface area contributed by atoms with E-state index in [0.717, 1.165) is 61.3 Å². The van der Waals surface area contributed by atoms with Gasteiger partial charge in [-0.3, -0.25) is 14.9 Å². The molecule has 29 heavy (non-hydrogen) atoms. The van der Waals surface area contributed by atoms with Gasteiger partial charge in [0.25, 0.3) is 0 Å². The molecule has 3 rings (SSSR count). The van der Waals surface area contributed by atoms with E-state index in [1.54, 1.807) is 7.11 Å². The van der Waals surface area contributed by atoms with E-state index in [4.69, 9.17) is 4.74 Å². The second-order valence-electron chi connectivity index (χ2n) is 7.20. The highest BCUT2D eigenvalue weighted by molar-refractivity contribution is 14.0. The highest BCUT2D eigenvalue weighted by atomic mass is 127. The van der Waals surface area contributed by atoms with Gasteiger partial charge in [0.2, 0.25) is 0 Å². The van der Waals surface area contributed by atoms with Crippen molar-refractivity contribution in [3.8, 4) is 5.75 Å². The molecule has 0 bridgehead atoms. The first-order valence-electron chi connectivity index (χ1n) is 9.83. The summed E-state index contributed by atoms with van der Waals surface area (Å²) < 4.78 is 5.51. The molecule has 0 radical (unpaired) electrons. The third-order valence-electron chi connectivity index (χ3n) is 5.30. The number of nitrogens with one attached hydrogen (secondary N) is 1. The van der Waals surface area contributed by atoms with Gasteiger partial charge in [0.05, 0.1) is 19.3 Å². The summed E-state index contributed by atoms with van der Waals surface area (Å²) in [5.74, 6) is 1.84. The molecule has 7 heteroatoms. The standard InChI is InChI=1S/C22H31N5O.HI/c1-17-14-24-20(18(2)21(17)28-4)15-25-22(23-3)27-12-10-26(11-13-27)16-19-8-6-5-7-9-19;/h5-9,14H,10-13,15-16H2,1-4H3,(H,23,25);1H. The van der Waals surface area contributed by atoms with Crippen LogP contribution in [0.2, 0.25) is 0 Å². The fraction of sp³-hybridized carbons (Fsp3) is 0.455. The molecular weight excluding hydrogens is 477 g/mol. The van der Waals surface area contributed by atoms with Gasteiger partial charge in [0.15, 0.2) is 5.96 Å². The molecule has 1 aliphatic heterocycles. The predicted octanol–water partition coefficient (Wildman–Crippen LogP) is 3.22. The van der Waals surface area contributed by atoms with E-state index in [1.807, 2.05) is 20.2 Å². The number of halogens is 1. The molecule has 158 valence electrons. The molecule has 0 aliphatic carbocycles. The Morgan fingerprint density at radius 2 is 1.83 bits per heavy atom. The van der Waals surface area contributed by atoms with E-state index in [-0.39, 0.29) is 24.0 Å². The lowest BCUT2D eigenvalue weighted by atomic mass is 10.1. The average Bonchev–Trinajstić information content (AvgIpc) is 2.72. The maximum absolute atomic E-state index is 5.51. The molecule has 6 nitrogen and oxygen atoms in total. The molecule has 0 saturated carbocycles. The van der Waals surface area contributed by atoms with Crippen LogP contribution < -0.4 is 10.1 Å². The molecule has 2 aromatic rings. The van der Waals surface area contributed by atoms with Crippen molar-refractivity contribution < 1.29 is 4.74 Å². The first-order chi connectivity index (χ1) is 13.6. The van der Waals surface area contributed by atoms with Gasteiger partial charge in [0.1, 0.15) is 5.75 Å². The Bertz CT molecular complexity index is 804. The Balaban J connectivity index is 0.00000300. The fourth-order valence-corrected chi connectivity index (χ4v) is 3.70. The number of methoxy groups -OCH3 is 1. The third-order valence-corrected chi connectivity index (χ3v) is 5.30. The zero-order chi connectivity index (χ0) is 19.9. The minimum Gasteiger partial charge on any atom is -0.496 e. The van der Waals surface area contributed by atoms with Crippen molar-refractivity contribution in [1.82, 2.24) is 20.1 Å². The Hall–Kier alpha value is -1.87. The van der Waals surface area contributed by atoms with Crippen LogP contribution in [0, 0.1) is 13.8 Å². The fourth-order valence-electron chi connectivity index (χ4n) is 3.70. The van der Waals surface area contributed by atoms with Crippen LogP contribution in [0.4, 0.5) is 0 Å². The van der Waals surface area contributed by atoms with Crippen molar-refractivity contribution >= 4 is 29.9 Å². The SMILES string of the molecule is CN=C(NCc1ncc(C)c(OC)c1C)N1CCN(Cc2ccccc2)CC1.I. The van der Waals surface area contributed by atoms with Crippen molar-refractivity contribution in [3.63, 3.8) is 0 Å². The van der Waals surface area contributed by atoms with Crippen molar-refractivity contribution in [2.24, 2.45) is 4.99 Å². The summed E-state index contributed by atoms with van der Waals surface area (Å²) in [4.78, 5) is 13.9. The number of aromatic nitrogens is 1. The molecule has 1 saturated heterocycles. The molecule has 1 aromatic carbocycles. The highest BCUT2D eigenvalue weighted by Gasteiger charge is 2.20. The van der Waals surface area contributed by atoms with Gasteiger partial charge in [-0.25, -0.2) is 0 Å². The van der Waals surface area contributed by atoms with Crippen molar-refractivity contribution in [3.05, 3.63) is 58.9 Å². The number of nitrogens with zero attached hydrogens (tertiary/aromatic N) is 4. The molecular formula is C22H32IN5O. The number of hydrogen-bond acceptors (Lipinski definition) is 4. The Morgan fingerprint density at radius 1 is 1.14 bits per heavy atom. The van der Waals surface area contributed by atoms with Crippen LogP contribution in [-0.4, -0.2) is 61.1 Å². The van der Waals surface area contributed by atoms with E-state index in [1.165, 1.54) is 5.56 Å². The zero-order valence-corrected chi connectivity index (χ0v) is 20.1. The normalized spacial score (nSPS) is 15.0. The average molecular weight is 509 g/mol. The zero-order valence-electron chi connectivity index (χ0n) is 17.8.